The van der Waals surface area contributed by atoms with Gasteiger partial charge in [-0.05, 0) is 65.5 Å². The standard InChI is InChI=1S/C28H27F3/c1-3-5-6-18-7-9-20(10-8-18)21-12-14-23-22(17-21)13-16-24(27(23)30)25-15-11-19(4-2)26(29)28(25)31/h7-11,13,15-17H,3-6,12,14H2,1-2H3. The molecule has 3 aromatic rings. The van der Waals surface area contributed by atoms with E-state index in [1.807, 2.05) is 12.1 Å². The fourth-order valence-electron chi connectivity index (χ4n) is 4.32. The molecule has 0 radical (unpaired) electrons. The maximum atomic E-state index is 15.3. The van der Waals surface area contributed by atoms with E-state index in [0.717, 1.165) is 17.5 Å². The Kier molecular flexibility index (Phi) is 6.31. The molecule has 3 heteroatoms. The van der Waals surface area contributed by atoms with Gasteiger partial charge in [0.25, 0.3) is 0 Å². The smallest absolute Gasteiger partial charge is 0.167 e. The van der Waals surface area contributed by atoms with Crippen LogP contribution in [0.25, 0.3) is 22.8 Å². The van der Waals surface area contributed by atoms with E-state index in [1.54, 1.807) is 13.0 Å². The topological polar surface area (TPSA) is 0 Å². The number of rotatable bonds is 6. The van der Waals surface area contributed by atoms with Gasteiger partial charge in [-0.15, -0.1) is 0 Å². The molecule has 0 saturated carbocycles. The molecule has 0 amide bonds. The van der Waals surface area contributed by atoms with Gasteiger partial charge in [0.2, 0.25) is 0 Å². The average Bonchev–Trinajstić information content (AvgIpc) is 2.80. The minimum absolute atomic E-state index is 0.0209. The van der Waals surface area contributed by atoms with E-state index in [-0.39, 0.29) is 11.1 Å². The first-order valence-electron chi connectivity index (χ1n) is 11.1. The van der Waals surface area contributed by atoms with Crippen LogP contribution in [0.2, 0.25) is 0 Å². The number of fused-ring (bicyclic) bond motifs is 1. The van der Waals surface area contributed by atoms with Crippen molar-refractivity contribution in [2.24, 2.45) is 0 Å². The molecule has 31 heavy (non-hydrogen) atoms. The average molecular weight is 421 g/mol. The summed E-state index contributed by atoms with van der Waals surface area (Å²) in [4.78, 5) is 0. The Hall–Kier alpha value is -2.81. The summed E-state index contributed by atoms with van der Waals surface area (Å²) in [5, 5.41) is 0. The van der Waals surface area contributed by atoms with Gasteiger partial charge in [0, 0.05) is 11.1 Å². The second kappa shape index (κ2) is 9.13. The van der Waals surface area contributed by atoms with Crippen LogP contribution in [0, 0.1) is 17.5 Å². The third kappa shape index (κ3) is 4.19. The van der Waals surface area contributed by atoms with Crippen LogP contribution in [-0.4, -0.2) is 0 Å². The zero-order valence-corrected chi connectivity index (χ0v) is 18.1. The summed E-state index contributed by atoms with van der Waals surface area (Å²) in [7, 11) is 0. The van der Waals surface area contributed by atoms with E-state index in [9.17, 15) is 8.78 Å². The van der Waals surface area contributed by atoms with Crippen molar-refractivity contribution < 1.29 is 13.2 Å². The molecule has 0 unspecified atom stereocenters. The minimum Gasteiger partial charge on any atom is -0.206 e. The number of hydrogen-bond donors (Lipinski definition) is 0. The summed E-state index contributed by atoms with van der Waals surface area (Å²) in [6.07, 6.45) is 7.11. The highest BCUT2D eigenvalue weighted by atomic mass is 19.2. The van der Waals surface area contributed by atoms with Crippen molar-refractivity contribution in [3.63, 3.8) is 0 Å². The Morgan fingerprint density at radius 1 is 0.742 bits per heavy atom. The predicted molar refractivity (Wildman–Crippen MR) is 122 cm³/mol. The number of allylic oxidation sites excluding steroid dienone is 1. The number of unbranched alkanes of at least 4 members (excludes halogenated alkanes) is 1. The van der Waals surface area contributed by atoms with Gasteiger partial charge in [-0.3, -0.25) is 0 Å². The Morgan fingerprint density at radius 3 is 2.16 bits per heavy atom. The molecule has 0 heterocycles. The Balaban J connectivity index is 1.66. The maximum Gasteiger partial charge on any atom is 0.167 e. The molecule has 0 aliphatic heterocycles. The highest BCUT2D eigenvalue weighted by Crippen LogP contribution is 2.37. The molecule has 0 bridgehead atoms. The summed E-state index contributed by atoms with van der Waals surface area (Å²) < 4.78 is 44.2. The van der Waals surface area contributed by atoms with Crippen molar-refractivity contribution in [1.29, 1.82) is 0 Å². The summed E-state index contributed by atoms with van der Waals surface area (Å²) in [6, 6.07) is 15.0. The highest BCUT2D eigenvalue weighted by Gasteiger charge is 2.22. The zero-order valence-electron chi connectivity index (χ0n) is 18.1. The Bertz CT molecular complexity index is 1120. The molecule has 0 spiro atoms. The van der Waals surface area contributed by atoms with Gasteiger partial charge in [-0.1, -0.05) is 74.9 Å². The summed E-state index contributed by atoms with van der Waals surface area (Å²) in [5.41, 5.74) is 5.44. The van der Waals surface area contributed by atoms with Crippen LogP contribution in [0.15, 0.2) is 48.5 Å². The van der Waals surface area contributed by atoms with Gasteiger partial charge in [0.05, 0.1) is 0 Å². The third-order valence-electron chi connectivity index (χ3n) is 6.23. The van der Waals surface area contributed by atoms with Gasteiger partial charge < -0.3 is 0 Å². The first-order chi connectivity index (χ1) is 15.0. The van der Waals surface area contributed by atoms with Crippen molar-refractivity contribution in [1.82, 2.24) is 0 Å². The summed E-state index contributed by atoms with van der Waals surface area (Å²) in [6.45, 7) is 3.95. The van der Waals surface area contributed by atoms with Crippen molar-refractivity contribution >= 4 is 11.6 Å². The van der Waals surface area contributed by atoms with E-state index in [4.69, 9.17) is 0 Å². The maximum absolute atomic E-state index is 15.3. The number of aryl methyl sites for hydroxylation is 2. The van der Waals surface area contributed by atoms with Gasteiger partial charge in [-0.25, -0.2) is 13.2 Å². The van der Waals surface area contributed by atoms with Crippen LogP contribution in [0.3, 0.4) is 0 Å². The first-order valence-corrected chi connectivity index (χ1v) is 11.1. The van der Waals surface area contributed by atoms with E-state index in [0.29, 0.717) is 30.4 Å². The molecule has 1 aliphatic rings. The van der Waals surface area contributed by atoms with E-state index >= 15 is 4.39 Å². The predicted octanol–water partition coefficient (Wildman–Crippen LogP) is 8.16. The highest BCUT2D eigenvalue weighted by molar-refractivity contribution is 5.85. The second-order valence-corrected chi connectivity index (χ2v) is 8.22. The quantitative estimate of drug-likeness (QED) is 0.377. The summed E-state index contributed by atoms with van der Waals surface area (Å²) >= 11 is 0. The fraction of sp³-hybridized carbons (Fsp3) is 0.286. The lowest BCUT2D eigenvalue weighted by atomic mass is 9.86. The van der Waals surface area contributed by atoms with Gasteiger partial charge in [0.15, 0.2) is 11.6 Å². The molecule has 0 atom stereocenters. The Labute approximate surface area is 182 Å². The largest absolute Gasteiger partial charge is 0.206 e. The molecule has 3 aromatic carbocycles. The summed E-state index contributed by atoms with van der Waals surface area (Å²) in [5.74, 6) is -2.32. The van der Waals surface area contributed by atoms with E-state index in [2.05, 4.69) is 31.2 Å². The number of hydrogen-bond acceptors (Lipinski definition) is 0. The second-order valence-electron chi connectivity index (χ2n) is 8.22. The normalized spacial score (nSPS) is 13.1. The van der Waals surface area contributed by atoms with Crippen molar-refractivity contribution in [3.05, 3.63) is 93.8 Å². The van der Waals surface area contributed by atoms with Crippen molar-refractivity contribution in [3.8, 4) is 11.1 Å². The first kappa shape index (κ1) is 21.4. The van der Waals surface area contributed by atoms with Crippen molar-refractivity contribution in [2.45, 2.75) is 52.4 Å². The van der Waals surface area contributed by atoms with Crippen LogP contribution in [0.4, 0.5) is 13.2 Å². The monoisotopic (exact) mass is 420 g/mol. The lowest BCUT2D eigenvalue weighted by molar-refractivity contribution is 0.501. The molecule has 0 N–H and O–H groups in total. The molecular weight excluding hydrogens is 393 g/mol. The molecule has 1 aliphatic carbocycles. The van der Waals surface area contributed by atoms with Gasteiger partial charge in [0.1, 0.15) is 5.82 Å². The van der Waals surface area contributed by atoms with Crippen LogP contribution >= 0.6 is 0 Å². The van der Waals surface area contributed by atoms with Crippen molar-refractivity contribution in [2.75, 3.05) is 0 Å². The number of halogens is 3. The van der Waals surface area contributed by atoms with Crippen LogP contribution in [-0.2, 0) is 19.3 Å². The molecule has 4 rings (SSSR count). The fourth-order valence-corrected chi connectivity index (χ4v) is 4.32. The van der Waals surface area contributed by atoms with E-state index in [1.165, 1.54) is 36.1 Å². The molecule has 0 fully saturated rings. The van der Waals surface area contributed by atoms with Crippen LogP contribution in [0.5, 0.6) is 0 Å². The molecule has 0 nitrogen and oxygen atoms in total. The lowest BCUT2D eigenvalue weighted by Gasteiger charge is -2.20. The lowest BCUT2D eigenvalue weighted by Crippen LogP contribution is -2.05. The van der Waals surface area contributed by atoms with Crippen LogP contribution in [0.1, 0.15) is 60.9 Å². The van der Waals surface area contributed by atoms with Gasteiger partial charge in [-0.2, -0.15) is 0 Å². The molecular formula is C28H27F3. The van der Waals surface area contributed by atoms with Crippen LogP contribution < -0.4 is 0 Å². The van der Waals surface area contributed by atoms with E-state index < -0.39 is 17.5 Å². The Morgan fingerprint density at radius 2 is 1.45 bits per heavy atom. The SMILES string of the molecule is CCCCc1ccc(C2=Cc3ccc(-c4ccc(CC)c(F)c4F)c(F)c3CC2)cc1. The number of benzene rings is 3. The molecule has 160 valence electrons. The third-order valence-corrected chi connectivity index (χ3v) is 6.23. The molecule has 0 saturated heterocycles. The minimum atomic E-state index is -0.978. The van der Waals surface area contributed by atoms with Gasteiger partial charge >= 0.3 is 0 Å². The molecule has 0 aromatic heterocycles. The zero-order chi connectivity index (χ0) is 22.0.